The van der Waals surface area contributed by atoms with Crippen LogP contribution in [0.2, 0.25) is 0 Å². The highest BCUT2D eigenvalue weighted by molar-refractivity contribution is 7.19. The van der Waals surface area contributed by atoms with E-state index in [0.717, 1.165) is 53.8 Å². The van der Waals surface area contributed by atoms with Gasteiger partial charge in [-0.2, -0.15) is 5.10 Å². The predicted octanol–water partition coefficient (Wildman–Crippen LogP) is 8.01. The molecule has 1 amide bonds. The average Bonchev–Trinajstić information content (AvgIpc) is 3.37. The van der Waals surface area contributed by atoms with Crippen LogP contribution in [-0.4, -0.2) is 60.5 Å². The number of fused-ring (bicyclic) bond motifs is 5. The van der Waals surface area contributed by atoms with Crippen LogP contribution in [-0.2, 0) is 27.7 Å². The van der Waals surface area contributed by atoms with E-state index >= 15 is 0 Å². The van der Waals surface area contributed by atoms with Gasteiger partial charge in [0.2, 0.25) is 0 Å². The minimum absolute atomic E-state index is 0.0281. The first-order chi connectivity index (χ1) is 21.1. The molecule has 0 radical (unpaired) electrons. The monoisotopic (exact) mass is 631 g/mol. The summed E-state index contributed by atoms with van der Waals surface area (Å²) in [5.74, 6) is 0.549. The van der Waals surface area contributed by atoms with Crippen molar-refractivity contribution in [2.45, 2.75) is 117 Å². The van der Waals surface area contributed by atoms with E-state index in [1.54, 1.807) is 17.7 Å². The van der Waals surface area contributed by atoms with Gasteiger partial charge in [0.05, 0.1) is 5.69 Å². The highest BCUT2D eigenvalue weighted by Crippen LogP contribution is 2.63. The maximum atomic E-state index is 14.3. The molecule has 2 fully saturated rings. The number of carbonyl (C=O) groups is 2. The fourth-order valence-electron chi connectivity index (χ4n) is 7.85. The van der Waals surface area contributed by atoms with E-state index in [1.807, 2.05) is 55.5 Å². The van der Waals surface area contributed by atoms with Crippen LogP contribution < -0.4 is 0 Å². The van der Waals surface area contributed by atoms with Gasteiger partial charge >= 0.3 is 12.2 Å². The molecule has 45 heavy (non-hydrogen) atoms. The molecule has 4 aromatic rings. The Labute approximate surface area is 268 Å². The van der Waals surface area contributed by atoms with Crippen molar-refractivity contribution < 1.29 is 19.1 Å². The smallest absolute Gasteiger partial charge is 0.420 e. The van der Waals surface area contributed by atoms with Crippen LogP contribution in [0.25, 0.3) is 27.1 Å². The number of aromatic nitrogens is 4. The van der Waals surface area contributed by atoms with Crippen LogP contribution in [0, 0.1) is 12.8 Å². The zero-order valence-corrected chi connectivity index (χ0v) is 28.9. The highest BCUT2D eigenvalue weighted by atomic mass is 32.1. The SMILES string of the molecule is Cc1c(C23CCN(C(=O)OC(C)(C)C)CC2C3)sc2c1c(C(C)C)c(-c1cn3ncnc3c3c1CCC3)n2C(=O)OC(C)(C)C. The third-order valence-electron chi connectivity index (χ3n) is 9.73. The summed E-state index contributed by atoms with van der Waals surface area (Å²) in [6, 6.07) is 0. The van der Waals surface area contributed by atoms with E-state index in [2.05, 4.69) is 37.1 Å². The number of hydrogen-bond acceptors (Lipinski definition) is 7. The third-order valence-corrected chi connectivity index (χ3v) is 11.2. The molecule has 0 spiro atoms. The Hall–Kier alpha value is -3.40. The summed E-state index contributed by atoms with van der Waals surface area (Å²) < 4.78 is 15.6. The van der Waals surface area contributed by atoms with Gasteiger partial charge in [0.1, 0.15) is 22.4 Å². The summed E-state index contributed by atoms with van der Waals surface area (Å²) in [4.78, 5) is 35.9. The molecule has 5 heterocycles. The quantitative estimate of drug-likeness (QED) is 0.228. The van der Waals surface area contributed by atoms with Crippen LogP contribution in [0.1, 0.15) is 108 Å². The third kappa shape index (κ3) is 4.86. The Morgan fingerprint density at radius 2 is 1.73 bits per heavy atom. The topological polar surface area (TPSA) is 91.0 Å². The molecule has 1 saturated heterocycles. The molecule has 9 nitrogen and oxygen atoms in total. The number of carbonyl (C=O) groups excluding carboxylic acids is 2. The van der Waals surface area contributed by atoms with Crippen LogP contribution in [0.15, 0.2) is 12.5 Å². The minimum Gasteiger partial charge on any atom is -0.444 e. The average molecular weight is 632 g/mol. The Morgan fingerprint density at radius 1 is 1.04 bits per heavy atom. The number of amides is 1. The number of hydrogen-bond donors (Lipinski definition) is 0. The number of thiophene rings is 1. The lowest BCUT2D eigenvalue weighted by Crippen LogP contribution is -2.43. The number of nitrogens with zero attached hydrogens (tertiary/aromatic N) is 5. The van der Waals surface area contributed by atoms with Gasteiger partial charge in [-0.25, -0.2) is 23.7 Å². The molecule has 2 unspecified atom stereocenters. The molecule has 10 heteroatoms. The molecular formula is C35H45N5O4S. The maximum Gasteiger partial charge on any atom is 0.420 e. The summed E-state index contributed by atoms with van der Waals surface area (Å²) in [7, 11) is 0. The van der Waals surface area contributed by atoms with Crippen LogP contribution in [0.5, 0.6) is 0 Å². The van der Waals surface area contributed by atoms with Gasteiger partial charge in [-0.05, 0) is 109 Å². The van der Waals surface area contributed by atoms with E-state index in [4.69, 9.17) is 9.47 Å². The number of ether oxygens (including phenoxy) is 2. The Kier molecular flexibility index (Phi) is 6.76. The molecule has 0 N–H and O–H groups in total. The summed E-state index contributed by atoms with van der Waals surface area (Å²) in [5, 5.41) is 5.70. The second-order valence-corrected chi connectivity index (χ2v) is 16.6. The summed E-state index contributed by atoms with van der Waals surface area (Å²) in [5.41, 5.74) is 6.69. The molecule has 1 saturated carbocycles. The van der Waals surface area contributed by atoms with Crippen molar-refractivity contribution in [3.8, 4) is 11.3 Å². The Bertz CT molecular complexity index is 1870. The zero-order chi connectivity index (χ0) is 32.2. The number of likely N-dealkylation sites (tertiary alicyclic amines) is 1. The van der Waals surface area contributed by atoms with Gasteiger partial charge < -0.3 is 14.4 Å². The fourth-order valence-corrected chi connectivity index (χ4v) is 9.48. The molecule has 0 aromatic carbocycles. The number of rotatable bonds is 3. The van der Waals surface area contributed by atoms with Crippen molar-refractivity contribution in [1.29, 1.82) is 0 Å². The van der Waals surface area contributed by atoms with E-state index in [1.165, 1.54) is 32.5 Å². The second-order valence-electron chi connectivity index (χ2n) is 15.6. The van der Waals surface area contributed by atoms with Gasteiger partial charge in [0.25, 0.3) is 0 Å². The van der Waals surface area contributed by atoms with E-state index in [9.17, 15) is 9.59 Å². The van der Waals surface area contributed by atoms with Crippen LogP contribution in [0.3, 0.4) is 0 Å². The fraction of sp³-hybridized carbons (Fsp3) is 0.600. The van der Waals surface area contributed by atoms with Gasteiger partial charge in [0, 0.05) is 46.1 Å². The maximum absolute atomic E-state index is 14.3. The van der Waals surface area contributed by atoms with Gasteiger partial charge in [-0.3, -0.25) is 0 Å². The van der Waals surface area contributed by atoms with Crippen molar-refractivity contribution in [1.82, 2.24) is 24.1 Å². The van der Waals surface area contributed by atoms with Gasteiger partial charge in [-0.1, -0.05) is 13.8 Å². The van der Waals surface area contributed by atoms with Crippen molar-refractivity contribution >= 4 is 39.4 Å². The first-order valence-electron chi connectivity index (χ1n) is 16.3. The second kappa shape index (κ2) is 10.0. The molecule has 240 valence electrons. The van der Waals surface area contributed by atoms with Crippen molar-refractivity contribution in [3.63, 3.8) is 0 Å². The largest absolute Gasteiger partial charge is 0.444 e. The van der Waals surface area contributed by atoms with E-state index < -0.39 is 11.2 Å². The minimum atomic E-state index is -0.648. The molecular weight excluding hydrogens is 586 g/mol. The van der Waals surface area contributed by atoms with Crippen molar-refractivity contribution in [2.24, 2.45) is 5.92 Å². The lowest BCUT2D eigenvalue weighted by atomic mass is 9.88. The van der Waals surface area contributed by atoms with Crippen molar-refractivity contribution in [3.05, 3.63) is 39.7 Å². The summed E-state index contributed by atoms with van der Waals surface area (Å²) in [6.07, 6.45) is 8.00. The predicted molar refractivity (Wildman–Crippen MR) is 176 cm³/mol. The molecule has 1 aliphatic heterocycles. The standard InChI is InChI=1S/C35H45N5O4S/c1-19(2)25-26-20(3)28(35-13-14-38(16-21(35)15-35)31(41)43-33(4,5)6)45-30(26)40(32(42)44-34(7,8)9)27(25)24-17-39-29(36-18-37-39)23-12-10-11-22(23)24/h17-19,21H,10-16H2,1-9H3. The van der Waals surface area contributed by atoms with E-state index in [0.29, 0.717) is 19.0 Å². The first-order valence-corrected chi connectivity index (χ1v) is 17.1. The lowest BCUT2D eigenvalue weighted by Gasteiger charge is -2.33. The van der Waals surface area contributed by atoms with Gasteiger partial charge in [-0.15, -0.1) is 11.3 Å². The summed E-state index contributed by atoms with van der Waals surface area (Å²) in [6.45, 7) is 19.6. The molecule has 7 rings (SSSR count). The highest BCUT2D eigenvalue weighted by Gasteiger charge is 2.60. The zero-order valence-electron chi connectivity index (χ0n) is 28.0. The summed E-state index contributed by atoms with van der Waals surface area (Å²) >= 11 is 1.75. The van der Waals surface area contributed by atoms with E-state index in [-0.39, 0.29) is 23.5 Å². The first kappa shape index (κ1) is 30.3. The normalized spacial score (nSPS) is 21.5. The molecule has 2 atom stereocenters. The van der Waals surface area contributed by atoms with Crippen molar-refractivity contribution in [2.75, 3.05) is 13.1 Å². The van der Waals surface area contributed by atoms with Crippen LogP contribution >= 0.6 is 11.3 Å². The molecule has 0 bridgehead atoms. The number of aryl methyl sites for hydroxylation is 2. The number of piperidine rings is 1. The Morgan fingerprint density at radius 3 is 2.40 bits per heavy atom. The number of pyridine rings is 1. The molecule has 2 aliphatic carbocycles. The van der Waals surface area contributed by atoms with Crippen LogP contribution in [0.4, 0.5) is 9.59 Å². The lowest BCUT2D eigenvalue weighted by molar-refractivity contribution is 0.0199. The molecule has 3 aliphatic rings. The molecule has 4 aromatic heterocycles. The van der Waals surface area contributed by atoms with Gasteiger partial charge in [0.15, 0.2) is 5.65 Å². The Balaban J connectivity index is 1.39.